The Morgan fingerprint density at radius 2 is 2.08 bits per heavy atom. The number of pyridine rings is 1. The number of rotatable bonds is 3. The van der Waals surface area contributed by atoms with E-state index in [4.69, 9.17) is 11.6 Å². The Balaban J connectivity index is 1.57. The average Bonchev–Trinajstić information content (AvgIpc) is 2.64. The minimum atomic E-state index is -0.341. The molecule has 132 valence electrons. The monoisotopic (exact) mass is 369 g/mol. The van der Waals surface area contributed by atoms with Crippen LogP contribution in [0.25, 0.3) is 10.8 Å². The largest absolute Gasteiger partial charge is 0.360 e. The molecule has 0 aliphatic carbocycles. The van der Waals surface area contributed by atoms with Crippen molar-refractivity contribution in [1.29, 1.82) is 0 Å². The topological polar surface area (TPSA) is 45.2 Å². The number of aromatic nitrogens is 1. The van der Waals surface area contributed by atoms with Crippen molar-refractivity contribution in [2.45, 2.75) is 12.8 Å². The van der Waals surface area contributed by atoms with Crippen LogP contribution in [0.1, 0.15) is 12.0 Å². The summed E-state index contributed by atoms with van der Waals surface area (Å²) in [4.78, 5) is 18.8. The first-order chi connectivity index (χ1) is 12.6. The number of amides is 1. The molecule has 1 aliphatic heterocycles. The highest BCUT2D eigenvalue weighted by Gasteiger charge is 2.22. The smallest absolute Gasteiger partial charge is 0.246 e. The summed E-state index contributed by atoms with van der Waals surface area (Å²) in [5, 5.41) is 4.68. The Labute approximate surface area is 155 Å². The molecule has 4 rings (SSSR count). The molecule has 0 bridgehead atoms. The minimum Gasteiger partial charge on any atom is -0.360 e. The van der Waals surface area contributed by atoms with Crippen LogP contribution in [0.3, 0.4) is 0 Å². The predicted molar refractivity (Wildman–Crippen MR) is 102 cm³/mol. The Morgan fingerprint density at radius 3 is 2.96 bits per heavy atom. The van der Waals surface area contributed by atoms with E-state index in [9.17, 15) is 9.18 Å². The van der Waals surface area contributed by atoms with Gasteiger partial charge in [-0.2, -0.15) is 0 Å². The zero-order valence-electron chi connectivity index (χ0n) is 14.0. The zero-order valence-corrected chi connectivity index (χ0v) is 14.8. The van der Waals surface area contributed by atoms with Gasteiger partial charge >= 0.3 is 0 Å². The van der Waals surface area contributed by atoms with Gasteiger partial charge in [-0.1, -0.05) is 29.8 Å². The molecule has 1 aromatic heterocycles. The van der Waals surface area contributed by atoms with E-state index in [0.29, 0.717) is 17.7 Å². The number of halogens is 2. The number of aryl methyl sites for hydroxylation is 1. The van der Waals surface area contributed by atoms with Gasteiger partial charge in [-0.25, -0.2) is 9.37 Å². The number of nitrogens with zero attached hydrogens (tertiary/aromatic N) is 2. The predicted octanol–water partition coefficient (Wildman–Crippen LogP) is 4.42. The number of benzene rings is 2. The molecule has 0 radical (unpaired) electrons. The van der Waals surface area contributed by atoms with Crippen molar-refractivity contribution in [2.75, 3.05) is 23.3 Å². The van der Waals surface area contributed by atoms with Crippen molar-refractivity contribution in [3.8, 4) is 0 Å². The standard InChI is InChI=1S/C20H17ClFN3O/c21-18-11-14-10-15(22)7-8-16(14)20(24-18)23-12-19(26)25-9-3-5-13-4-1-2-6-17(13)25/h1-2,4,6-8,10-11H,3,5,9,12H2,(H,23,24). The molecule has 6 heteroatoms. The van der Waals surface area contributed by atoms with E-state index >= 15 is 0 Å². The van der Waals surface area contributed by atoms with Crippen LogP contribution in [0.15, 0.2) is 48.5 Å². The van der Waals surface area contributed by atoms with Crippen LogP contribution in [0, 0.1) is 5.82 Å². The summed E-state index contributed by atoms with van der Waals surface area (Å²) in [5.41, 5.74) is 2.16. The fourth-order valence-electron chi connectivity index (χ4n) is 3.38. The first kappa shape index (κ1) is 16.8. The number of hydrogen-bond acceptors (Lipinski definition) is 3. The lowest BCUT2D eigenvalue weighted by Crippen LogP contribution is -2.39. The van der Waals surface area contributed by atoms with Crippen molar-refractivity contribution in [3.63, 3.8) is 0 Å². The van der Waals surface area contributed by atoms with Crippen molar-refractivity contribution < 1.29 is 9.18 Å². The van der Waals surface area contributed by atoms with E-state index in [1.165, 1.54) is 17.7 Å². The molecule has 2 aromatic carbocycles. The number of anilines is 2. The maximum Gasteiger partial charge on any atom is 0.246 e. The third kappa shape index (κ3) is 3.22. The van der Waals surface area contributed by atoms with Crippen LogP contribution in [-0.2, 0) is 11.2 Å². The van der Waals surface area contributed by atoms with E-state index in [1.807, 2.05) is 18.2 Å². The van der Waals surface area contributed by atoms with Gasteiger partial charge in [-0.15, -0.1) is 0 Å². The number of para-hydroxylation sites is 1. The maximum absolute atomic E-state index is 13.5. The Hall–Kier alpha value is -2.66. The molecular weight excluding hydrogens is 353 g/mol. The normalized spacial score (nSPS) is 13.5. The van der Waals surface area contributed by atoms with Gasteiger partial charge in [-0.05, 0) is 54.1 Å². The quantitative estimate of drug-likeness (QED) is 0.695. The molecule has 0 unspecified atom stereocenters. The molecule has 2 heterocycles. The first-order valence-electron chi connectivity index (χ1n) is 8.50. The molecule has 0 atom stereocenters. The van der Waals surface area contributed by atoms with Crippen LogP contribution in [0.2, 0.25) is 5.15 Å². The van der Waals surface area contributed by atoms with Gasteiger partial charge in [0, 0.05) is 17.6 Å². The summed E-state index contributed by atoms with van der Waals surface area (Å²) >= 11 is 6.04. The number of carbonyl (C=O) groups is 1. The van der Waals surface area contributed by atoms with Crippen LogP contribution >= 0.6 is 11.6 Å². The summed E-state index contributed by atoms with van der Waals surface area (Å²) in [7, 11) is 0. The van der Waals surface area contributed by atoms with Gasteiger partial charge in [0.05, 0.1) is 6.54 Å². The lowest BCUT2D eigenvalue weighted by Gasteiger charge is -2.29. The number of carbonyl (C=O) groups excluding carboxylic acids is 1. The molecule has 0 saturated carbocycles. The first-order valence-corrected chi connectivity index (χ1v) is 8.87. The summed E-state index contributed by atoms with van der Waals surface area (Å²) in [5.74, 6) is 0.104. The van der Waals surface area contributed by atoms with Crippen molar-refractivity contribution >= 4 is 39.8 Å². The molecular formula is C20H17ClFN3O. The highest BCUT2D eigenvalue weighted by molar-refractivity contribution is 6.30. The molecule has 1 amide bonds. The van der Waals surface area contributed by atoms with Gasteiger partial charge in [0.2, 0.25) is 5.91 Å². The Morgan fingerprint density at radius 1 is 1.23 bits per heavy atom. The highest BCUT2D eigenvalue weighted by atomic mass is 35.5. The third-order valence-electron chi connectivity index (χ3n) is 4.58. The van der Waals surface area contributed by atoms with Crippen LogP contribution in [0.4, 0.5) is 15.9 Å². The van der Waals surface area contributed by atoms with E-state index in [0.717, 1.165) is 23.9 Å². The van der Waals surface area contributed by atoms with Crippen LogP contribution in [0.5, 0.6) is 0 Å². The molecule has 0 saturated heterocycles. The molecule has 1 N–H and O–H groups in total. The van der Waals surface area contributed by atoms with E-state index in [-0.39, 0.29) is 23.4 Å². The molecule has 0 spiro atoms. The maximum atomic E-state index is 13.5. The lowest BCUT2D eigenvalue weighted by atomic mass is 10.0. The highest BCUT2D eigenvalue weighted by Crippen LogP contribution is 2.28. The van der Waals surface area contributed by atoms with E-state index in [1.54, 1.807) is 17.0 Å². The van der Waals surface area contributed by atoms with Gasteiger partial charge in [0.25, 0.3) is 0 Å². The summed E-state index contributed by atoms with van der Waals surface area (Å²) in [6, 6.07) is 14.0. The fourth-order valence-corrected chi connectivity index (χ4v) is 3.58. The third-order valence-corrected chi connectivity index (χ3v) is 4.77. The van der Waals surface area contributed by atoms with Gasteiger partial charge in [-0.3, -0.25) is 4.79 Å². The fraction of sp³-hybridized carbons (Fsp3) is 0.200. The molecule has 26 heavy (non-hydrogen) atoms. The second-order valence-electron chi connectivity index (χ2n) is 6.29. The van der Waals surface area contributed by atoms with Gasteiger partial charge < -0.3 is 10.2 Å². The summed E-state index contributed by atoms with van der Waals surface area (Å²) in [6.07, 6.45) is 1.93. The van der Waals surface area contributed by atoms with Crippen molar-refractivity contribution in [3.05, 3.63) is 65.1 Å². The van der Waals surface area contributed by atoms with Crippen LogP contribution < -0.4 is 10.2 Å². The number of hydrogen-bond donors (Lipinski definition) is 1. The molecule has 3 aromatic rings. The van der Waals surface area contributed by atoms with Gasteiger partial charge in [0.15, 0.2) is 0 Å². The van der Waals surface area contributed by atoms with E-state index in [2.05, 4.69) is 16.4 Å². The number of nitrogens with one attached hydrogen (secondary N) is 1. The van der Waals surface area contributed by atoms with E-state index < -0.39 is 0 Å². The molecule has 4 nitrogen and oxygen atoms in total. The molecule has 0 fully saturated rings. The Bertz CT molecular complexity index is 987. The Kier molecular flexibility index (Phi) is 4.47. The zero-order chi connectivity index (χ0) is 18.1. The second kappa shape index (κ2) is 6.92. The van der Waals surface area contributed by atoms with Crippen molar-refractivity contribution in [2.24, 2.45) is 0 Å². The van der Waals surface area contributed by atoms with Crippen molar-refractivity contribution in [1.82, 2.24) is 4.98 Å². The molecule has 1 aliphatic rings. The average molecular weight is 370 g/mol. The summed E-state index contributed by atoms with van der Waals surface area (Å²) in [6.45, 7) is 0.792. The second-order valence-corrected chi connectivity index (χ2v) is 6.68. The number of fused-ring (bicyclic) bond motifs is 2. The summed E-state index contributed by atoms with van der Waals surface area (Å²) < 4.78 is 13.5. The van der Waals surface area contributed by atoms with Crippen LogP contribution in [-0.4, -0.2) is 24.0 Å². The SMILES string of the molecule is O=C(CNc1nc(Cl)cc2cc(F)ccc12)N1CCCc2ccccc21. The van der Waals surface area contributed by atoms with Gasteiger partial charge in [0.1, 0.15) is 16.8 Å². The lowest BCUT2D eigenvalue weighted by molar-refractivity contribution is -0.117. The minimum absolute atomic E-state index is 0.0332.